The second-order valence-electron chi connectivity index (χ2n) is 13.0. The second kappa shape index (κ2) is 19.6. The minimum atomic E-state index is -1.67. The zero-order chi connectivity index (χ0) is 40.2. The molecule has 2 unspecified atom stereocenters. The highest BCUT2D eigenvalue weighted by molar-refractivity contribution is 6.04. The largest absolute Gasteiger partial charge is 0.465 e. The van der Waals surface area contributed by atoms with Gasteiger partial charge in [0.15, 0.2) is 17.9 Å². The van der Waals surface area contributed by atoms with Crippen molar-refractivity contribution < 1.29 is 47.3 Å². The molecule has 5 rings (SSSR count). The predicted molar refractivity (Wildman–Crippen MR) is 205 cm³/mol. The van der Waals surface area contributed by atoms with Crippen molar-refractivity contribution in [2.45, 2.75) is 58.0 Å². The first-order chi connectivity index (χ1) is 27.0. The lowest BCUT2D eigenvalue weighted by molar-refractivity contribution is -0.140. The molecule has 0 fully saturated rings. The Hall–Kier alpha value is -5.86. The molecule has 12 nitrogen and oxygen atoms in total. The standard InChI is InChI=1S/C42H46F2N4O8/c1-4-54-38(55-5-2)21-22-45-39(49)27(3)48(29-19-20-35(43)36(44)23-29)40(50)37(47(42(52)53)25-28-13-7-6-8-14-28)24-46-41(51)56-26-34-32-17-11-9-15-30(32)31-16-10-12-18-33(31)34/h6-20,23,27,34,37-38H,4-5,21-22,24-26H2,1-3H3,(H,45,49)(H,46,51)(H,52,53). The van der Waals surface area contributed by atoms with Crippen LogP contribution in [0.3, 0.4) is 0 Å². The molecular weight excluding hydrogens is 726 g/mol. The minimum absolute atomic E-state index is 0.0449. The van der Waals surface area contributed by atoms with Crippen molar-refractivity contribution in [1.29, 1.82) is 0 Å². The Kier molecular flexibility index (Phi) is 14.5. The van der Waals surface area contributed by atoms with E-state index < -0.39 is 60.6 Å². The highest BCUT2D eigenvalue weighted by Crippen LogP contribution is 2.44. The number of hydrogen-bond donors (Lipinski definition) is 3. The lowest BCUT2D eigenvalue weighted by Gasteiger charge is -2.36. The fourth-order valence-corrected chi connectivity index (χ4v) is 6.75. The molecule has 0 aromatic heterocycles. The first-order valence-electron chi connectivity index (χ1n) is 18.4. The molecular formula is C42H46F2N4O8. The van der Waals surface area contributed by atoms with Crippen LogP contribution in [0.2, 0.25) is 0 Å². The fourth-order valence-electron chi connectivity index (χ4n) is 6.75. The molecule has 2 atom stereocenters. The van der Waals surface area contributed by atoms with E-state index in [9.17, 15) is 33.1 Å². The lowest BCUT2D eigenvalue weighted by Crippen LogP contribution is -2.59. The summed E-state index contributed by atoms with van der Waals surface area (Å²) in [7, 11) is 0. The molecule has 14 heteroatoms. The van der Waals surface area contributed by atoms with E-state index in [-0.39, 0.29) is 37.7 Å². The van der Waals surface area contributed by atoms with E-state index in [4.69, 9.17) is 14.2 Å². The molecule has 0 bridgehead atoms. The van der Waals surface area contributed by atoms with Crippen molar-refractivity contribution in [1.82, 2.24) is 15.5 Å². The third-order valence-electron chi connectivity index (χ3n) is 9.46. The van der Waals surface area contributed by atoms with Crippen molar-refractivity contribution >= 4 is 29.7 Å². The maximum absolute atomic E-state index is 14.7. The van der Waals surface area contributed by atoms with E-state index in [1.807, 2.05) is 48.5 Å². The molecule has 4 aromatic carbocycles. The van der Waals surface area contributed by atoms with Crippen LogP contribution >= 0.6 is 0 Å². The Morgan fingerprint density at radius 2 is 1.41 bits per heavy atom. The van der Waals surface area contributed by atoms with Gasteiger partial charge in [-0.1, -0.05) is 78.9 Å². The van der Waals surface area contributed by atoms with Gasteiger partial charge in [0.1, 0.15) is 18.7 Å². The molecule has 296 valence electrons. The summed E-state index contributed by atoms with van der Waals surface area (Å²) in [6.45, 7) is 4.88. The highest BCUT2D eigenvalue weighted by atomic mass is 19.2. The Bertz CT molecular complexity index is 1930. The van der Waals surface area contributed by atoms with Crippen LogP contribution in [0.1, 0.15) is 49.8 Å². The molecule has 1 aliphatic carbocycles. The zero-order valence-electron chi connectivity index (χ0n) is 31.5. The van der Waals surface area contributed by atoms with Crippen LogP contribution in [0.5, 0.6) is 0 Å². The molecule has 4 aromatic rings. The molecule has 3 N–H and O–H groups in total. The van der Waals surface area contributed by atoms with Crippen molar-refractivity contribution in [3.8, 4) is 11.1 Å². The Morgan fingerprint density at radius 1 is 0.804 bits per heavy atom. The van der Waals surface area contributed by atoms with Gasteiger partial charge in [0, 0.05) is 50.4 Å². The summed E-state index contributed by atoms with van der Waals surface area (Å²) < 4.78 is 45.6. The fraction of sp³-hybridized carbons (Fsp3) is 0.333. The number of nitrogens with one attached hydrogen (secondary N) is 2. The van der Waals surface area contributed by atoms with E-state index in [0.29, 0.717) is 18.8 Å². The molecule has 0 spiro atoms. The average molecular weight is 773 g/mol. The molecule has 1 aliphatic rings. The zero-order valence-corrected chi connectivity index (χ0v) is 31.5. The number of amides is 4. The van der Waals surface area contributed by atoms with Crippen LogP contribution in [-0.4, -0.2) is 85.3 Å². The number of benzene rings is 4. The number of nitrogens with zero attached hydrogens (tertiary/aromatic N) is 2. The van der Waals surface area contributed by atoms with Crippen molar-refractivity contribution in [2.24, 2.45) is 0 Å². The first-order valence-corrected chi connectivity index (χ1v) is 18.4. The number of ether oxygens (including phenoxy) is 3. The van der Waals surface area contributed by atoms with Crippen LogP contribution in [0, 0.1) is 11.6 Å². The molecule has 0 saturated carbocycles. The number of carbonyl (C=O) groups excluding carboxylic acids is 3. The van der Waals surface area contributed by atoms with Crippen LogP contribution in [0.15, 0.2) is 97.1 Å². The maximum atomic E-state index is 14.7. The number of carboxylic acid groups (broad SMARTS) is 1. The Balaban J connectivity index is 1.40. The minimum Gasteiger partial charge on any atom is -0.465 e. The summed E-state index contributed by atoms with van der Waals surface area (Å²) in [5.41, 5.74) is 4.33. The monoisotopic (exact) mass is 772 g/mol. The highest BCUT2D eigenvalue weighted by Gasteiger charge is 2.39. The summed E-state index contributed by atoms with van der Waals surface area (Å²) in [4.78, 5) is 56.3. The van der Waals surface area contributed by atoms with E-state index in [0.717, 1.165) is 50.3 Å². The molecule has 0 heterocycles. The van der Waals surface area contributed by atoms with Gasteiger partial charge in [0.05, 0.1) is 6.54 Å². The molecule has 56 heavy (non-hydrogen) atoms. The van der Waals surface area contributed by atoms with Crippen molar-refractivity contribution in [2.75, 3.05) is 37.8 Å². The van der Waals surface area contributed by atoms with Crippen LogP contribution in [0.4, 0.5) is 24.1 Å². The number of halogens is 2. The van der Waals surface area contributed by atoms with E-state index in [1.54, 1.807) is 44.2 Å². The van der Waals surface area contributed by atoms with Crippen LogP contribution in [0.25, 0.3) is 11.1 Å². The van der Waals surface area contributed by atoms with Gasteiger partial charge in [-0.3, -0.25) is 19.4 Å². The normalized spacial score (nSPS) is 13.0. The molecule has 4 amide bonds. The topological polar surface area (TPSA) is 147 Å². The number of fused-ring (bicyclic) bond motifs is 3. The van der Waals surface area contributed by atoms with Gasteiger partial charge in [-0.2, -0.15) is 0 Å². The predicted octanol–water partition coefficient (Wildman–Crippen LogP) is 6.68. The van der Waals surface area contributed by atoms with Crippen molar-refractivity contribution in [3.05, 3.63) is 125 Å². The second-order valence-corrected chi connectivity index (χ2v) is 13.0. The average Bonchev–Trinajstić information content (AvgIpc) is 3.51. The van der Waals surface area contributed by atoms with Gasteiger partial charge in [0.25, 0.3) is 5.91 Å². The summed E-state index contributed by atoms with van der Waals surface area (Å²) >= 11 is 0. The summed E-state index contributed by atoms with van der Waals surface area (Å²) in [5, 5.41) is 15.8. The van der Waals surface area contributed by atoms with Gasteiger partial charge in [-0.25, -0.2) is 18.4 Å². The third-order valence-corrected chi connectivity index (χ3v) is 9.46. The summed E-state index contributed by atoms with van der Waals surface area (Å²) in [6, 6.07) is 23.7. The Labute approximate surface area is 324 Å². The first kappa shape index (κ1) is 41.3. The smallest absolute Gasteiger partial charge is 0.408 e. The van der Waals surface area contributed by atoms with Crippen LogP contribution < -0.4 is 15.5 Å². The Morgan fingerprint density at radius 3 is 2.00 bits per heavy atom. The van der Waals surface area contributed by atoms with E-state index in [1.165, 1.54) is 6.92 Å². The lowest BCUT2D eigenvalue weighted by atomic mass is 9.98. The SMILES string of the molecule is CCOC(CCNC(=O)C(C)N(C(=O)C(CNC(=O)OCC1c2ccccc2-c2ccccc21)N(Cc1ccccc1)C(=O)O)c1ccc(F)c(F)c1)OCC. The maximum Gasteiger partial charge on any atom is 0.408 e. The van der Waals surface area contributed by atoms with E-state index >= 15 is 0 Å². The number of rotatable bonds is 18. The number of alkyl carbamates (subject to hydrolysis) is 1. The molecule has 0 saturated heterocycles. The number of hydrogen-bond acceptors (Lipinski definition) is 7. The van der Waals surface area contributed by atoms with E-state index in [2.05, 4.69) is 10.6 Å². The number of carbonyl (C=O) groups is 4. The summed E-state index contributed by atoms with van der Waals surface area (Å²) in [5.74, 6) is -4.42. The third kappa shape index (κ3) is 10.1. The van der Waals surface area contributed by atoms with Gasteiger partial charge in [-0.05, 0) is 60.7 Å². The van der Waals surface area contributed by atoms with Gasteiger partial charge in [0.2, 0.25) is 5.91 Å². The summed E-state index contributed by atoms with van der Waals surface area (Å²) in [6.07, 6.45) is -2.75. The molecule has 0 radical (unpaired) electrons. The van der Waals surface area contributed by atoms with Gasteiger partial charge in [-0.15, -0.1) is 0 Å². The van der Waals surface area contributed by atoms with Crippen molar-refractivity contribution in [3.63, 3.8) is 0 Å². The quantitative estimate of drug-likeness (QED) is 0.0951. The van der Waals surface area contributed by atoms with Gasteiger partial charge < -0.3 is 30.0 Å². The number of anilines is 1. The van der Waals surface area contributed by atoms with Gasteiger partial charge >= 0.3 is 12.2 Å². The van der Waals surface area contributed by atoms with Crippen LogP contribution in [-0.2, 0) is 30.3 Å². The molecule has 0 aliphatic heterocycles.